The lowest BCUT2D eigenvalue weighted by Gasteiger charge is -2.18. The van der Waals surface area contributed by atoms with Crippen molar-refractivity contribution in [3.63, 3.8) is 0 Å². The Labute approximate surface area is 125 Å². The highest BCUT2D eigenvalue weighted by Gasteiger charge is 2.12. The molecule has 2 rings (SSSR count). The van der Waals surface area contributed by atoms with Crippen LogP contribution in [0.2, 0.25) is 0 Å². The maximum Gasteiger partial charge on any atom is 0.255 e. The maximum absolute atomic E-state index is 5.28. The first kappa shape index (κ1) is 15.1. The van der Waals surface area contributed by atoms with Gasteiger partial charge in [0.1, 0.15) is 6.26 Å². The fraction of sp³-hybridized carbons (Fsp3) is 0.438. The Morgan fingerprint density at radius 1 is 1.25 bits per heavy atom. The molecule has 0 saturated carbocycles. The Hall–Kier alpha value is -1.26. The molecule has 0 aliphatic rings. The van der Waals surface area contributed by atoms with Gasteiger partial charge in [0.05, 0.1) is 6.20 Å². The summed E-state index contributed by atoms with van der Waals surface area (Å²) in [6.45, 7) is 5.39. The van der Waals surface area contributed by atoms with E-state index in [1.165, 1.54) is 11.1 Å². The number of rotatable bonds is 8. The number of hydrogen-bond acceptors (Lipinski definition) is 4. The summed E-state index contributed by atoms with van der Waals surface area (Å²) in [5, 5.41) is 4.33. The molecule has 108 valence electrons. The van der Waals surface area contributed by atoms with Crippen molar-refractivity contribution in [3.05, 3.63) is 47.9 Å². The van der Waals surface area contributed by atoms with Gasteiger partial charge in [-0.1, -0.05) is 49.9 Å². The Morgan fingerprint density at radius 2 is 2.05 bits per heavy atom. The van der Waals surface area contributed by atoms with E-state index in [0.29, 0.717) is 6.04 Å². The number of aromatic nitrogens is 1. The SMILES string of the molecule is CCCNC(CSc1ncco1)c1ccc(CC)cc1. The molecule has 1 aromatic carbocycles. The van der Waals surface area contributed by atoms with Gasteiger partial charge in [0.2, 0.25) is 0 Å². The predicted octanol–water partition coefficient (Wildman–Crippen LogP) is 4.07. The van der Waals surface area contributed by atoms with Crippen LogP contribution in [0.5, 0.6) is 0 Å². The highest BCUT2D eigenvalue weighted by molar-refractivity contribution is 7.99. The van der Waals surface area contributed by atoms with Crippen LogP contribution in [0.3, 0.4) is 0 Å². The van der Waals surface area contributed by atoms with E-state index in [-0.39, 0.29) is 0 Å². The molecular weight excluding hydrogens is 268 g/mol. The van der Waals surface area contributed by atoms with Gasteiger partial charge in [-0.15, -0.1) is 0 Å². The van der Waals surface area contributed by atoms with Crippen LogP contribution in [0.4, 0.5) is 0 Å². The molecule has 1 atom stereocenters. The molecule has 0 spiro atoms. The normalized spacial score (nSPS) is 12.5. The molecule has 3 nitrogen and oxygen atoms in total. The van der Waals surface area contributed by atoms with Gasteiger partial charge >= 0.3 is 0 Å². The summed E-state index contributed by atoms with van der Waals surface area (Å²) < 4.78 is 5.28. The Bertz CT molecular complexity index is 482. The van der Waals surface area contributed by atoms with E-state index < -0.39 is 0 Å². The fourth-order valence-electron chi connectivity index (χ4n) is 2.01. The van der Waals surface area contributed by atoms with E-state index in [1.54, 1.807) is 24.2 Å². The van der Waals surface area contributed by atoms with Gasteiger partial charge in [0, 0.05) is 11.8 Å². The van der Waals surface area contributed by atoms with E-state index in [2.05, 4.69) is 48.4 Å². The van der Waals surface area contributed by atoms with Crippen molar-refractivity contribution in [2.45, 2.75) is 38.0 Å². The summed E-state index contributed by atoms with van der Waals surface area (Å²) in [6, 6.07) is 9.21. The van der Waals surface area contributed by atoms with Crippen LogP contribution in [0.25, 0.3) is 0 Å². The minimum Gasteiger partial charge on any atom is -0.440 e. The highest BCUT2D eigenvalue weighted by Crippen LogP contribution is 2.24. The zero-order valence-electron chi connectivity index (χ0n) is 12.1. The summed E-state index contributed by atoms with van der Waals surface area (Å²) in [6.07, 6.45) is 5.52. The van der Waals surface area contributed by atoms with Crippen molar-refractivity contribution in [2.75, 3.05) is 12.3 Å². The summed E-state index contributed by atoms with van der Waals surface area (Å²) in [7, 11) is 0. The third-order valence-electron chi connectivity index (χ3n) is 3.21. The van der Waals surface area contributed by atoms with Gasteiger partial charge in [-0.05, 0) is 30.5 Å². The fourth-order valence-corrected chi connectivity index (χ4v) is 2.89. The van der Waals surface area contributed by atoms with Crippen molar-refractivity contribution in [1.29, 1.82) is 0 Å². The molecule has 0 saturated heterocycles. The van der Waals surface area contributed by atoms with Gasteiger partial charge in [-0.3, -0.25) is 0 Å². The van der Waals surface area contributed by atoms with Crippen molar-refractivity contribution in [1.82, 2.24) is 10.3 Å². The average molecular weight is 290 g/mol. The third-order valence-corrected chi connectivity index (χ3v) is 4.16. The van der Waals surface area contributed by atoms with Crippen LogP contribution < -0.4 is 5.32 Å². The number of hydrogen-bond donors (Lipinski definition) is 1. The molecule has 0 amide bonds. The van der Waals surface area contributed by atoms with Crippen molar-refractivity contribution in [3.8, 4) is 0 Å². The lowest BCUT2D eigenvalue weighted by Crippen LogP contribution is -2.24. The largest absolute Gasteiger partial charge is 0.440 e. The monoisotopic (exact) mass is 290 g/mol. The zero-order valence-corrected chi connectivity index (χ0v) is 13.0. The van der Waals surface area contributed by atoms with E-state index in [9.17, 15) is 0 Å². The molecule has 0 aliphatic carbocycles. The molecule has 0 bridgehead atoms. The Kier molecular flexibility index (Phi) is 6.15. The highest BCUT2D eigenvalue weighted by atomic mass is 32.2. The van der Waals surface area contributed by atoms with Gasteiger partial charge in [0.25, 0.3) is 5.22 Å². The second-order valence-electron chi connectivity index (χ2n) is 4.71. The predicted molar refractivity (Wildman–Crippen MR) is 84.1 cm³/mol. The van der Waals surface area contributed by atoms with Crippen molar-refractivity contribution < 1.29 is 4.42 Å². The smallest absolute Gasteiger partial charge is 0.255 e. The molecule has 1 heterocycles. The standard InChI is InChI=1S/C16H22N2OS/c1-3-9-17-15(12-20-16-18-10-11-19-16)14-7-5-13(4-2)6-8-14/h5-8,10-11,15,17H,3-4,9,12H2,1-2H3. The molecular formula is C16H22N2OS. The van der Waals surface area contributed by atoms with Gasteiger partial charge in [0.15, 0.2) is 0 Å². The lowest BCUT2D eigenvalue weighted by molar-refractivity contribution is 0.453. The average Bonchev–Trinajstić information content (AvgIpc) is 3.01. The number of benzene rings is 1. The molecule has 4 heteroatoms. The molecule has 0 radical (unpaired) electrons. The second kappa shape index (κ2) is 8.12. The number of thioether (sulfide) groups is 1. The maximum atomic E-state index is 5.28. The molecule has 0 fully saturated rings. The summed E-state index contributed by atoms with van der Waals surface area (Å²) in [5.41, 5.74) is 2.71. The van der Waals surface area contributed by atoms with E-state index >= 15 is 0 Å². The number of nitrogens with one attached hydrogen (secondary N) is 1. The van der Waals surface area contributed by atoms with E-state index in [4.69, 9.17) is 4.42 Å². The topological polar surface area (TPSA) is 38.1 Å². The third kappa shape index (κ3) is 4.39. The van der Waals surface area contributed by atoms with Crippen LogP contribution in [-0.2, 0) is 6.42 Å². The van der Waals surface area contributed by atoms with E-state index in [0.717, 1.165) is 30.4 Å². The summed E-state index contributed by atoms with van der Waals surface area (Å²) in [5.74, 6) is 0.923. The molecule has 1 aromatic heterocycles. The number of nitrogens with zero attached hydrogens (tertiary/aromatic N) is 1. The van der Waals surface area contributed by atoms with Crippen LogP contribution in [0, 0.1) is 0 Å². The van der Waals surface area contributed by atoms with Crippen LogP contribution in [-0.4, -0.2) is 17.3 Å². The zero-order chi connectivity index (χ0) is 14.2. The van der Waals surface area contributed by atoms with Gasteiger partial charge < -0.3 is 9.73 Å². The van der Waals surface area contributed by atoms with Gasteiger partial charge in [-0.2, -0.15) is 0 Å². The first-order chi connectivity index (χ1) is 9.83. The Morgan fingerprint density at radius 3 is 2.65 bits per heavy atom. The number of oxazole rings is 1. The lowest BCUT2D eigenvalue weighted by atomic mass is 10.0. The van der Waals surface area contributed by atoms with Crippen LogP contribution in [0.15, 0.2) is 46.4 Å². The molecule has 1 N–H and O–H groups in total. The second-order valence-corrected chi connectivity index (χ2v) is 5.68. The van der Waals surface area contributed by atoms with Crippen molar-refractivity contribution in [2.24, 2.45) is 0 Å². The van der Waals surface area contributed by atoms with Crippen molar-refractivity contribution >= 4 is 11.8 Å². The van der Waals surface area contributed by atoms with Gasteiger partial charge in [-0.25, -0.2) is 4.98 Å². The summed E-state index contributed by atoms with van der Waals surface area (Å²) in [4.78, 5) is 4.16. The van der Waals surface area contributed by atoms with Crippen LogP contribution >= 0.6 is 11.8 Å². The molecule has 0 aliphatic heterocycles. The first-order valence-corrected chi connectivity index (χ1v) is 8.16. The van der Waals surface area contributed by atoms with Crippen LogP contribution in [0.1, 0.15) is 37.4 Å². The molecule has 2 aromatic rings. The molecule has 1 unspecified atom stereocenters. The number of aryl methyl sites for hydroxylation is 1. The quantitative estimate of drug-likeness (QED) is 0.744. The minimum absolute atomic E-state index is 0.331. The Balaban J connectivity index is 2.01. The first-order valence-electron chi connectivity index (χ1n) is 7.18. The summed E-state index contributed by atoms with van der Waals surface area (Å²) >= 11 is 1.65. The minimum atomic E-state index is 0.331. The van der Waals surface area contributed by atoms with E-state index in [1.807, 2.05) is 0 Å². The molecule has 20 heavy (non-hydrogen) atoms.